The smallest absolute Gasteiger partial charge is 0.340 e. The van der Waals surface area contributed by atoms with Crippen LogP contribution in [0.5, 0.6) is 0 Å². The predicted octanol–water partition coefficient (Wildman–Crippen LogP) is 2.55. The van der Waals surface area contributed by atoms with Gasteiger partial charge in [0.1, 0.15) is 12.4 Å². The minimum absolute atomic E-state index is 0.101. The molecule has 0 fully saturated rings. The van der Waals surface area contributed by atoms with Crippen molar-refractivity contribution in [1.29, 1.82) is 0 Å². The van der Waals surface area contributed by atoms with Gasteiger partial charge < -0.3 is 4.74 Å². The maximum atomic E-state index is 12.9. The third-order valence-electron chi connectivity index (χ3n) is 2.60. The van der Waals surface area contributed by atoms with E-state index in [2.05, 4.69) is 5.10 Å². The van der Waals surface area contributed by atoms with Crippen LogP contribution in [0.4, 0.5) is 13.2 Å². The van der Waals surface area contributed by atoms with Crippen molar-refractivity contribution in [3.63, 3.8) is 0 Å². The Morgan fingerprint density at radius 2 is 1.89 bits per heavy atom. The number of hydrogen-bond donors (Lipinski definition) is 0. The number of nitrogens with zero attached hydrogens (tertiary/aromatic N) is 2. The Bertz CT molecular complexity index is 453. The van der Waals surface area contributed by atoms with Gasteiger partial charge in [-0.3, -0.25) is 5.01 Å². The van der Waals surface area contributed by atoms with Gasteiger partial charge in [0.25, 0.3) is 0 Å². The fourth-order valence-electron chi connectivity index (χ4n) is 1.71. The van der Waals surface area contributed by atoms with Crippen molar-refractivity contribution < 1.29 is 17.9 Å². The molecule has 6 heteroatoms. The molecule has 0 aliphatic carbocycles. The summed E-state index contributed by atoms with van der Waals surface area (Å²) < 4.78 is 43.4. The first-order chi connectivity index (χ1) is 8.38. The monoisotopic (exact) mass is 258 g/mol. The maximum Gasteiger partial charge on any atom is 0.420 e. The molecule has 98 valence electrons. The molecule has 0 saturated carbocycles. The average Bonchev–Trinajstić information content (AvgIpc) is 2.28. The lowest BCUT2D eigenvalue weighted by atomic mass is 10.0. The van der Waals surface area contributed by atoms with Gasteiger partial charge in [-0.05, 0) is 6.92 Å². The summed E-state index contributed by atoms with van der Waals surface area (Å²) in [6.45, 7) is 1.70. The van der Waals surface area contributed by atoms with E-state index >= 15 is 0 Å². The lowest BCUT2D eigenvalue weighted by Gasteiger charge is -2.30. The summed E-state index contributed by atoms with van der Waals surface area (Å²) in [5.74, 6) is 0. The van der Waals surface area contributed by atoms with E-state index < -0.39 is 12.3 Å². The van der Waals surface area contributed by atoms with Crippen LogP contribution in [0, 0.1) is 6.92 Å². The van der Waals surface area contributed by atoms with Gasteiger partial charge in [-0.15, -0.1) is 0 Å². The number of benzene rings is 1. The molecule has 1 aromatic carbocycles. The first-order valence-electron chi connectivity index (χ1n) is 5.43. The number of halogens is 3. The maximum absolute atomic E-state index is 12.9. The zero-order valence-electron chi connectivity index (χ0n) is 10.0. The first kappa shape index (κ1) is 12.9. The molecule has 0 amide bonds. The topological polar surface area (TPSA) is 24.8 Å². The molecule has 1 aliphatic rings. The lowest BCUT2D eigenvalue weighted by Crippen LogP contribution is -2.45. The van der Waals surface area contributed by atoms with E-state index in [1.165, 1.54) is 5.01 Å². The molecule has 0 radical (unpaired) electrons. The van der Waals surface area contributed by atoms with Gasteiger partial charge in [0.05, 0.1) is 0 Å². The van der Waals surface area contributed by atoms with E-state index in [0.717, 1.165) is 5.56 Å². The Balaban J connectivity index is 2.40. The van der Waals surface area contributed by atoms with Crippen molar-refractivity contribution in [3.05, 3.63) is 35.4 Å². The van der Waals surface area contributed by atoms with Crippen LogP contribution in [0.2, 0.25) is 0 Å². The number of rotatable bonds is 1. The largest absolute Gasteiger partial charge is 0.420 e. The number of hydrogen-bond acceptors (Lipinski definition) is 3. The molecule has 0 aromatic heterocycles. The standard InChI is InChI=1S/C12H13F3N2O/c1-8-3-5-9(6-4-8)10-11(12(13,14)15)18-7-17(2)16-10/h3-6,11H,7H2,1-2H3/t11-/m0/s1. The van der Waals surface area contributed by atoms with Crippen molar-refractivity contribution in [2.45, 2.75) is 19.2 Å². The van der Waals surface area contributed by atoms with Gasteiger partial charge in [-0.1, -0.05) is 29.8 Å². The number of hydrazone groups is 1. The number of alkyl halides is 3. The summed E-state index contributed by atoms with van der Waals surface area (Å²) in [5.41, 5.74) is 1.30. The first-order valence-corrected chi connectivity index (χ1v) is 5.43. The van der Waals surface area contributed by atoms with Gasteiger partial charge in [0.15, 0.2) is 6.10 Å². The van der Waals surface area contributed by atoms with Crippen LogP contribution in [-0.2, 0) is 4.74 Å². The molecule has 0 saturated heterocycles. The molecule has 2 rings (SSSR count). The quantitative estimate of drug-likeness (QED) is 0.773. The summed E-state index contributed by atoms with van der Waals surface area (Å²) in [5, 5.41) is 5.28. The van der Waals surface area contributed by atoms with Crippen LogP contribution in [0.3, 0.4) is 0 Å². The van der Waals surface area contributed by atoms with E-state index in [4.69, 9.17) is 4.74 Å². The SMILES string of the molecule is Cc1ccc(C2=NN(C)CO[C@@H]2C(F)(F)F)cc1. The van der Waals surface area contributed by atoms with E-state index in [0.29, 0.717) is 5.56 Å². The number of ether oxygens (including phenoxy) is 1. The zero-order valence-corrected chi connectivity index (χ0v) is 10.0. The second-order valence-electron chi connectivity index (χ2n) is 4.23. The van der Waals surface area contributed by atoms with E-state index in [-0.39, 0.29) is 12.4 Å². The highest BCUT2D eigenvalue weighted by molar-refractivity contribution is 6.04. The van der Waals surface area contributed by atoms with Crippen LogP contribution in [0.1, 0.15) is 11.1 Å². The molecule has 0 spiro atoms. The molecule has 1 aromatic rings. The fourth-order valence-corrected chi connectivity index (χ4v) is 1.71. The van der Waals surface area contributed by atoms with Crippen LogP contribution in [0.15, 0.2) is 29.4 Å². The predicted molar refractivity (Wildman–Crippen MR) is 61.3 cm³/mol. The lowest BCUT2D eigenvalue weighted by molar-refractivity contribution is -0.210. The van der Waals surface area contributed by atoms with Crippen molar-refractivity contribution >= 4 is 5.71 Å². The average molecular weight is 258 g/mol. The molecule has 1 aliphatic heterocycles. The Morgan fingerprint density at radius 3 is 2.44 bits per heavy atom. The summed E-state index contributed by atoms with van der Waals surface area (Å²) in [7, 11) is 1.57. The molecule has 0 N–H and O–H groups in total. The van der Waals surface area contributed by atoms with Gasteiger partial charge in [0.2, 0.25) is 0 Å². The van der Waals surface area contributed by atoms with Crippen molar-refractivity contribution in [2.24, 2.45) is 5.10 Å². The van der Waals surface area contributed by atoms with Gasteiger partial charge in [-0.25, -0.2) is 0 Å². The Kier molecular flexibility index (Phi) is 3.30. The molecule has 0 bridgehead atoms. The van der Waals surface area contributed by atoms with Crippen LogP contribution in [-0.4, -0.2) is 36.8 Å². The third-order valence-corrected chi connectivity index (χ3v) is 2.60. The van der Waals surface area contributed by atoms with Gasteiger partial charge >= 0.3 is 6.18 Å². The molecule has 3 nitrogen and oxygen atoms in total. The van der Waals surface area contributed by atoms with Crippen molar-refractivity contribution in [2.75, 3.05) is 13.8 Å². The summed E-state index contributed by atoms with van der Waals surface area (Å²) in [6, 6.07) is 6.74. The van der Waals surface area contributed by atoms with Gasteiger partial charge in [0, 0.05) is 12.6 Å². The molecular formula is C12H13F3N2O. The summed E-state index contributed by atoms with van der Waals surface area (Å²) >= 11 is 0. The molecule has 1 atom stereocenters. The molecular weight excluding hydrogens is 245 g/mol. The van der Waals surface area contributed by atoms with Crippen LogP contribution < -0.4 is 0 Å². The highest BCUT2D eigenvalue weighted by Crippen LogP contribution is 2.28. The van der Waals surface area contributed by atoms with Crippen molar-refractivity contribution in [1.82, 2.24) is 5.01 Å². The fraction of sp³-hybridized carbons (Fsp3) is 0.417. The van der Waals surface area contributed by atoms with E-state index in [9.17, 15) is 13.2 Å². The number of aryl methyl sites for hydroxylation is 1. The van der Waals surface area contributed by atoms with Crippen molar-refractivity contribution in [3.8, 4) is 0 Å². The Labute approximate surface area is 103 Å². The Morgan fingerprint density at radius 1 is 1.28 bits per heavy atom. The van der Waals surface area contributed by atoms with E-state index in [1.807, 2.05) is 6.92 Å². The molecule has 0 unspecified atom stereocenters. The highest BCUT2D eigenvalue weighted by Gasteiger charge is 2.46. The zero-order chi connectivity index (χ0) is 13.3. The molecule has 18 heavy (non-hydrogen) atoms. The second kappa shape index (κ2) is 4.61. The summed E-state index contributed by atoms with van der Waals surface area (Å²) in [6.07, 6.45) is -6.42. The summed E-state index contributed by atoms with van der Waals surface area (Å²) in [4.78, 5) is 0. The minimum Gasteiger partial charge on any atom is -0.340 e. The Hall–Kier alpha value is -1.56. The van der Waals surface area contributed by atoms with Crippen LogP contribution in [0.25, 0.3) is 0 Å². The van der Waals surface area contributed by atoms with Crippen LogP contribution >= 0.6 is 0 Å². The molecule has 1 heterocycles. The van der Waals surface area contributed by atoms with E-state index in [1.54, 1.807) is 31.3 Å². The second-order valence-corrected chi connectivity index (χ2v) is 4.23. The minimum atomic E-state index is -4.45. The third kappa shape index (κ3) is 2.64. The highest BCUT2D eigenvalue weighted by atomic mass is 19.4. The normalized spacial score (nSPS) is 20.8. The van der Waals surface area contributed by atoms with Gasteiger partial charge in [-0.2, -0.15) is 18.3 Å².